The molecular weight excluding hydrogens is 376 g/mol. The van der Waals surface area contributed by atoms with Crippen molar-refractivity contribution >= 4 is 35.1 Å². The van der Waals surface area contributed by atoms with Crippen molar-refractivity contribution in [2.45, 2.75) is 26.7 Å². The maximum atomic E-state index is 12.1. The third-order valence-corrected chi connectivity index (χ3v) is 3.96. The predicted octanol–water partition coefficient (Wildman–Crippen LogP) is 3.61. The van der Waals surface area contributed by atoms with E-state index in [2.05, 4.69) is 15.8 Å². The average Bonchev–Trinajstić information content (AvgIpc) is 2.66. The van der Waals surface area contributed by atoms with Crippen LogP contribution in [0.15, 0.2) is 47.6 Å². The highest BCUT2D eigenvalue weighted by molar-refractivity contribution is 6.31. The molecule has 0 atom stereocenters. The van der Waals surface area contributed by atoms with Crippen LogP contribution < -0.4 is 10.6 Å². The van der Waals surface area contributed by atoms with Crippen LogP contribution in [0, 0.1) is 17.0 Å². The van der Waals surface area contributed by atoms with Gasteiger partial charge in [-0.2, -0.15) is 0 Å². The molecule has 2 aromatic rings. The van der Waals surface area contributed by atoms with Crippen LogP contribution in [0.4, 0.5) is 17.1 Å². The fourth-order valence-corrected chi connectivity index (χ4v) is 2.57. The maximum Gasteiger partial charge on any atom is 0.271 e. The van der Waals surface area contributed by atoms with E-state index in [4.69, 9.17) is 4.84 Å². The molecule has 0 aliphatic rings. The van der Waals surface area contributed by atoms with E-state index < -0.39 is 16.7 Å². The van der Waals surface area contributed by atoms with Gasteiger partial charge < -0.3 is 15.5 Å². The van der Waals surface area contributed by atoms with E-state index in [-0.39, 0.29) is 23.9 Å². The number of nitro groups is 1. The Bertz CT molecular complexity index is 940. The number of carbonyl (C=O) groups is 2. The summed E-state index contributed by atoms with van der Waals surface area (Å²) in [6.45, 7) is 5.60. The Labute approximate surface area is 167 Å². The minimum Gasteiger partial charge on any atom is -0.385 e. The smallest absolute Gasteiger partial charge is 0.271 e. The van der Waals surface area contributed by atoms with Gasteiger partial charge >= 0.3 is 0 Å². The number of nitrogens with one attached hydrogen (secondary N) is 2. The molecule has 2 amide bonds. The van der Waals surface area contributed by atoms with E-state index in [0.29, 0.717) is 0 Å². The minimum absolute atomic E-state index is 0.148. The van der Waals surface area contributed by atoms with Gasteiger partial charge in [0, 0.05) is 23.5 Å². The summed E-state index contributed by atoms with van der Waals surface area (Å²) in [6, 6.07) is 11.3. The molecule has 2 N–H and O–H groups in total. The van der Waals surface area contributed by atoms with Gasteiger partial charge in [-0.05, 0) is 30.0 Å². The van der Waals surface area contributed by atoms with Crippen LogP contribution in [0.3, 0.4) is 0 Å². The van der Waals surface area contributed by atoms with Gasteiger partial charge in [0.1, 0.15) is 6.21 Å². The Morgan fingerprint density at radius 2 is 1.93 bits per heavy atom. The third kappa shape index (κ3) is 6.42. The highest BCUT2D eigenvalue weighted by Gasteiger charge is 2.12. The Morgan fingerprint density at radius 1 is 1.21 bits per heavy atom. The van der Waals surface area contributed by atoms with Gasteiger partial charge in [0.15, 0.2) is 6.61 Å². The van der Waals surface area contributed by atoms with Crippen molar-refractivity contribution in [3.05, 3.63) is 63.7 Å². The van der Waals surface area contributed by atoms with Crippen LogP contribution in [-0.4, -0.2) is 29.6 Å². The minimum atomic E-state index is -0.646. The normalized spacial score (nSPS) is 10.8. The summed E-state index contributed by atoms with van der Waals surface area (Å²) < 4.78 is 0. The van der Waals surface area contributed by atoms with Crippen molar-refractivity contribution in [3.63, 3.8) is 0 Å². The van der Waals surface area contributed by atoms with Gasteiger partial charge in [0.2, 0.25) is 0 Å². The van der Waals surface area contributed by atoms with E-state index in [9.17, 15) is 19.7 Å². The molecule has 29 heavy (non-hydrogen) atoms. The molecular formula is C20H22N4O5. The van der Waals surface area contributed by atoms with E-state index in [0.717, 1.165) is 23.0 Å². The van der Waals surface area contributed by atoms with E-state index in [1.807, 2.05) is 39.0 Å². The molecule has 0 fully saturated rings. The summed E-state index contributed by atoms with van der Waals surface area (Å²) >= 11 is 0. The van der Waals surface area contributed by atoms with Crippen LogP contribution in [0.5, 0.6) is 0 Å². The first-order valence-corrected chi connectivity index (χ1v) is 8.88. The van der Waals surface area contributed by atoms with Crippen molar-refractivity contribution in [2.24, 2.45) is 5.16 Å². The lowest BCUT2D eigenvalue weighted by Crippen LogP contribution is -2.19. The number of carbonyl (C=O) groups excluding carboxylic acids is 2. The number of oxime groups is 1. The molecule has 0 aromatic heterocycles. The fourth-order valence-electron chi connectivity index (χ4n) is 2.57. The van der Waals surface area contributed by atoms with Gasteiger partial charge in [0.25, 0.3) is 17.5 Å². The highest BCUT2D eigenvalue weighted by Crippen LogP contribution is 2.27. The topological polar surface area (TPSA) is 123 Å². The molecule has 0 unspecified atom stereocenters. The third-order valence-electron chi connectivity index (χ3n) is 3.96. The zero-order valence-corrected chi connectivity index (χ0v) is 16.3. The highest BCUT2D eigenvalue weighted by atomic mass is 16.6. The fraction of sp³-hybridized carbons (Fsp3) is 0.250. The molecule has 2 rings (SSSR count). The molecule has 9 nitrogen and oxygen atoms in total. The lowest BCUT2D eigenvalue weighted by atomic mass is 9.98. The summed E-state index contributed by atoms with van der Waals surface area (Å²) in [4.78, 5) is 38.9. The number of anilines is 2. The number of hydrogen-bond donors (Lipinski definition) is 2. The van der Waals surface area contributed by atoms with Crippen molar-refractivity contribution < 1.29 is 19.3 Å². The molecule has 0 heterocycles. The number of hydrogen-bond acceptors (Lipinski definition) is 6. The van der Waals surface area contributed by atoms with Gasteiger partial charge in [-0.3, -0.25) is 19.7 Å². The van der Waals surface area contributed by atoms with E-state index >= 15 is 0 Å². The first kappa shape index (κ1) is 21.5. The predicted molar refractivity (Wildman–Crippen MR) is 110 cm³/mol. The lowest BCUT2D eigenvalue weighted by molar-refractivity contribution is -0.384. The summed E-state index contributed by atoms with van der Waals surface area (Å²) in [5, 5.41) is 19.4. The van der Waals surface area contributed by atoms with Crippen LogP contribution in [-0.2, 0) is 14.4 Å². The molecule has 0 aliphatic carbocycles. The Hall–Kier alpha value is -3.75. The largest absolute Gasteiger partial charge is 0.385 e. The first-order valence-electron chi connectivity index (χ1n) is 8.88. The molecule has 2 aromatic carbocycles. The number of para-hydroxylation sites is 1. The first-order chi connectivity index (χ1) is 13.8. The SMILES string of the molecule is Cc1cccc(C(C)C)c1NC(=O)CO/N=C\C(=O)Nc1cccc([N+](=O)[O-])c1. The quantitative estimate of drug-likeness (QED) is 0.399. The second kappa shape index (κ2) is 9.98. The number of nitro benzene ring substituents is 1. The van der Waals surface area contributed by atoms with Crippen LogP contribution >= 0.6 is 0 Å². The Balaban J connectivity index is 1.86. The van der Waals surface area contributed by atoms with Crippen LogP contribution in [0.1, 0.15) is 30.9 Å². The standard InChI is InChI=1S/C20H22N4O5/c1-13(2)17-9-4-6-14(3)20(17)23-19(26)12-29-21-11-18(25)22-15-7-5-8-16(10-15)24(27)28/h4-11,13H,12H2,1-3H3,(H,22,25)(H,23,26)/b21-11-. The maximum absolute atomic E-state index is 12.1. The van der Waals surface area contributed by atoms with Crippen molar-refractivity contribution in [3.8, 4) is 0 Å². The second-order valence-electron chi connectivity index (χ2n) is 6.55. The summed E-state index contributed by atoms with van der Waals surface area (Å²) in [5.41, 5.74) is 2.78. The number of non-ortho nitro benzene ring substituents is 1. The van der Waals surface area contributed by atoms with Crippen molar-refractivity contribution in [2.75, 3.05) is 17.2 Å². The zero-order chi connectivity index (χ0) is 21.4. The molecule has 0 radical (unpaired) electrons. The van der Waals surface area contributed by atoms with Gasteiger partial charge in [-0.15, -0.1) is 0 Å². The Kier molecular flexibility index (Phi) is 7.41. The second-order valence-corrected chi connectivity index (χ2v) is 6.55. The van der Waals surface area contributed by atoms with Crippen molar-refractivity contribution in [1.29, 1.82) is 0 Å². The number of nitrogens with zero attached hydrogens (tertiary/aromatic N) is 2. The summed E-state index contributed by atoms with van der Waals surface area (Å²) in [6.07, 6.45) is 0.847. The van der Waals surface area contributed by atoms with E-state index in [1.165, 1.54) is 24.3 Å². The number of aryl methyl sites for hydroxylation is 1. The van der Waals surface area contributed by atoms with Gasteiger partial charge in [0.05, 0.1) is 4.92 Å². The number of rotatable bonds is 8. The summed E-state index contributed by atoms with van der Waals surface area (Å²) in [7, 11) is 0. The van der Waals surface area contributed by atoms with Crippen LogP contribution in [0.25, 0.3) is 0 Å². The summed E-state index contributed by atoms with van der Waals surface area (Å²) in [5.74, 6) is -0.814. The number of benzene rings is 2. The molecule has 0 spiro atoms. The molecule has 0 aliphatic heterocycles. The van der Waals surface area contributed by atoms with Crippen LogP contribution in [0.2, 0.25) is 0 Å². The van der Waals surface area contributed by atoms with E-state index in [1.54, 1.807) is 0 Å². The Morgan fingerprint density at radius 3 is 2.62 bits per heavy atom. The average molecular weight is 398 g/mol. The monoisotopic (exact) mass is 398 g/mol. The molecule has 152 valence electrons. The molecule has 0 saturated heterocycles. The molecule has 0 bridgehead atoms. The van der Waals surface area contributed by atoms with Crippen molar-refractivity contribution in [1.82, 2.24) is 0 Å². The van der Waals surface area contributed by atoms with Gasteiger partial charge in [-0.25, -0.2) is 0 Å². The lowest BCUT2D eigenvalue weighted by Gasteiger charge is -2.16. The van der Waals surface area contributed by atoms with Gasteiger partial charge in [-0.1, -0.05) is 43.3 Å². The zero-order valence-electron chi connectivity index (χ0n) is 16.3. The number of amides is 2. The molecule has 0 saturated carbocycles. The molecule has 9 heteroatoms.